The number of hydrogen-bond acceptors (Lipinski definition) is 5. The predicted molar refractivity (Wildman–Crippen MR) is 79.0 cm³/mol. The van der Waals surface area contributed by atoms with Gasteiger partial charge in [-0.3, -0.25) is 4.90 Å². The van der Waals surface area contributed by atoms with Gasteiger partial charge in [0.15, 0.2) is 0 Å². The lowest BCUT2D eigenvalue weighted by Crippen LogP contribution is -2.43. The first-order valence-electron chi connectivity index (χ1n) is 7.96. The Hall–Kier alpha value is -1.10. The van der Waals surface area contributed by atoms with Gasteiger partial charge in [0.25, 0.3) is 0 Å². The van der Waals surface area contributed by atoms with Gasteiger partial charge in [0.2, 0.25) is 5.89 Å². The van der Waals surface area contributed by atoms with E-state index in [1.807, 2.05) is 0 Å². The molecule has 1 saturated heterocycles. The van der Waals surface area contributed by atoms with Gasteiger partial charge >= 0.3 is 6.01 Å². The maximum absolute atomic E-state index is 5.81. The highest BCUT2D eigenvalue weighted by atomic mass is 16.4. The Labute approximate surface area is 121 Å². The van der Waals surface area contributed by atoms with Gasteiger partial charge in [0, 0.05) is 38.1 Å². The van der Waals surface area contributed by atoms with Gasteiger partial charge in [-0.1, -0.05) is 32.3 Å². The van der Waals surface area contributed by atoms with Crippen LogP contribution in [0.5, 0.6) is 0 Å². The van der Waals surface area contributed by atoms with Crippen molar-refractivity contribution in [2.45, 2.75) is 52.0 Å². The monoisotopic (exact) mass is 278 g/mol. The third-order valence-corrected chi connectivity index (χ3v) is 4.52. The van der Waals surface area contributed by atoms with Gasteiger partial charge in [-0.05, 0) is 18.8 Å². The minimum Gasteiger partial charge on any atom is -0.408 e. The summed E-state index contributed by atoms with van der Waals surface area (Å²) in [4.78, 5) is 4.93. The van der Waals surface area contributed by atoms with E-state index in [1.165, 1.54) is 25.8 Å². The predicted octanol–water partition coefficient (Wildman–Crippen LogP) is 2.50. The van der Waals surface area contributed by atoms with Crippen molar-refractivity contribution >= 4 is 6.01 Å². The van der Waals surface area contributed by atoms with Crippen LogP contribution in [-0.4, -0.2) is 47.3 Å². The second kappa shape index (κ2) is 5.72. The van der Waals surface area contributed by atoms with Crippen molar-refractivity contribution in [3.63, 3.8) is 0 Å². The van der Waals surface area contributed by atoms with E-state index in [1.54, 1.807) is 0 Å². The van der Waals surface area contributed by atoms with E-state index < -0.39 is 0 Å². The van der Waals surface area contributed by atoms with E-state index in [9.17, 15) is 0 Å². The smallest absolute Gasteiger partial charge is 0.318 e. The van der Waals surface area contributed by atoms with Crippen LogP contribution in [0.1, 0.15) is 51.8 Å². The van der Waals surface area contributed by atoms with Crippen molar-refractivity contribution in [1.29, 1.82) is 0 Å². The molecule has 0 radical (unpaired) electrons. The third-order valence-electron chi connectivity index (χ3n) is 4.52. The molecule has 1 aliphatic carbocycles. The first-order valence-corrected chi connectivity index (χ1v) is 7.96. The Bertz CT molecular complexity index is 441. The summed E-state index contributed by atoms with van der Waals surface area (Å²) in [6.45, 7) is 10.8. The van der Waals surface area contributed by atoms with E-state index in [0.717, 1.165) is 31.6 Å². The number of rotatable bonds is 3. The van der Waals surface area contributed by atoms with E-state index in [-0.39, 0.29) is 0 Å². The summed E-state index contributed by atoms with van der Waals surface area (Å²) in [7, 11) is 0. The van der Waals surface area contributed by atoms with Crippen LogP contribution in [0.25, 0.3) is 0 Å². The van der Waals surface area contributed by atoms with Gasteiger partial charge < -0.3 is 9.32 Å². The minimum absolute atomic E-state index is 0.298. The molecule has 5 nitrogen and oxygen atoms in total. The van der Waals surface area contributed by atoms with Crippen molar-refractivity contribution in [2.24, 2.45) is 5.92 Å². The summed E-state index contributed by atoms with van der Waals surface area (Å²) in [5.41, 5.74) is 0. The largest absolute Gasteiger partial charge is 0.408 e. The molecule has 1 aromatic rings. The Balaban J connectivity index is 1.67. The second-order valence-electron chi connectivity index (χ2n) is 6.71. The van der Waals surface area contributed by atoms with Crippen LogP contribution < -0.4 is 4.90 Å². The zero-order chi connectivity index (χ0) is 14.1. The van der Waals surface area contributed by atoms with E-state index in [0.29, 0.717) is 17.9 Å². The lowest BCUT2D eigenvalue weighted by Gasteiger charge is -2.37. The van der Waals surface area contributed by atoms with Crippen molar-refractivity contribution < 1.29 is 4.42 Å². The summed E-state index contributed by atoms with van der Waals surface area (Å²) in [5.74, 6) is 1.69. The third kappa shape index (κ3) is 2.82. The molecule has 3 rings (SSSR count). The maximum Gasteiger partial charge on any atom is 0.318 e. The van der Waals surface area contributed by atoms with Crippen molar-refractivity contribution in [3.05, 3.63) is 5.89 Å². The lowest BCUT2D eigenvalue weighted by atomic mass is 9.91. The van der Waals surface area contributed by atoms with Crippen LogP contribution in [0.3, 0.4) is 0 Å². The summed E-state index contributed by atoms with van der Waals surface area (Å²) >= 11 is 0. The maximum atomic E-state index is 5.81. The average molecular weight is 278 g/mol. The molecular weight excluding hydrogens is 252 g/mol. The van der Waals surface area contributed by atoms with Crippen molar-refractivity contribution in [3.8, 4) is 0 Å². The standard InChI is InChI=1S/C15H26N4O/c1-11(2)14-16-17-15(20-14)19-8-7-18(9-12(3)10-19)13-5-4-6-13/h11-13H,4-10H2,1-3H3. The molecule has 2 aliphatic rings. The van der Waals surface area contributed by atoms with Gasteiger partial charge in [-0.15, -0.1) is 5.10 Å². The minimum atomic E-state index is 0.298. The molecule has 0 N–H and O–H groups in total. The fourth-order valence-corrected chi connectivity index (χ4v) is 3.11. The molecule has 112 valence electrons. The summed E-state index contributed by atoms with van der Waals surface area (Å²) < 4.78 is 5.81. The molecule has 2 heterocycles. The van der Waals surface area contributed by atoms with Gasteiger partial charge in [0.1, 0.15) is 0 Å². The zero-order valence-electron chi connectivity index (χ0n) is 12.9. The normalized spacial score (nSPS) is 25.8. The molecule has 1 aliphatic heterocycles. The fourth-order valence-electron chi connectivity index (χ4n) is 3.11. The number of nitrogens with zero attached hydrogens (tertiary/aromatic N) is 4. The van der Waals surface area contributed by atoms with E-state index in [4.69, 9.17) is 4.42 Å². The van der Waals surface area contributed by atoms with E-state index >= 15 is 0 Å². The number of aromatic nitrogens is 2. The topological polar surface area (TPSA) is 45.4 Å². The number of hydrogen-bond donors (Lipinski definition) is 0. The van der Waals surface area contributed by atoms with Crippen LogP contribution in [0.2, 0.25) is 0 Å². The first kappa shape index (κ1) is 13.9. The van der Waals surface area contributed by atoms with Crippen LogP contribution in [0.4, 0.5) is 6.01 Å². The molecule has 0 bridgehead atoms. The zero-order valence-corrected chi connectivity index (χ0v) is 12.9. The van der Waals surface area contributed by atoms with Crippen LogP contribution in [0, 0.1) is 5.92 Å². The average Bonchev–Trinajstić information content (AvgIpc) is 2.74. The Morgan fingerprint density at radius 1 is 1.15 bits per heavy atom. The van der Waals surface area contributed by atoms with E-state index in [2.05, 4.69) is 40.8 Å². The summed E-state index contributed by atoms with van der Waals surface area (Å²) in [5, 5.41) is 8.39. The molecule has 5 heteroatoms. The van der Waals surface area contributed by atoms with Crippen LogP contribution >= 0.6 is 0 Å². The van der Waals surface area contributed by atoms with Crippen LogP contribution in [0.15, 0.2) is 4.42 Å². The van der Waals surface area contributed by atoms with Gasteiger partial charge in [0.05, 0.1) is 0 Å². The molecule has 20 heavy (non-hydrogen) atoms. The molecule has 1 saturated carbocycles. The first-order chi connectivity index (χ1) is 9.63. The molecular formula is C15H26N4O. The molecule has 1 unspecified atom stereocenters. The Morgan fingerprint density at radius 3 is 2.55 bits per heavy atom. The van der Waals surface area contributed by atoms with Crippen molar-refractivity contribution in [1.82, 2.24) is 15.1 Å². The SMILES string of the molecule is CC1CN(c2nnc(C(C)C)o2)CCN(C2CCC2)C1. The Morgan fingerprint density at radius 2 is 1.95 bits per heavy atom. The molecule has 2 fully saturated rings. The fraction of sp³-hybridized carbons (Fsp3) is 0.867. The molecule has 0 aromatic carbocycles. The quantitative estimate of drug-likeness (QED) is 0.850. The molecule has 0 spiro atoms. The second-order valence-corrected chi connectivity index (χ2v) is 6.71. The highest BCUT2D eigenvalue weighted by Gasteiger charge is 2.30. The van der Waals surface area contributed by atoms with Gasteiger partial charge in [-0.2, -0.15) is 0 Å². The summed E-state index contributed by atoms with van der Waals surface area (Å²) in [6, 6.07) is 1.53. The molecule has 1 aromatic heterocycles. The lowest BCUT2D eigenvalue weighted by molar-refractivity contribution is 0.124. The Kier molecular flexibility index (Phi) is 3.96. The van der Waals surface area contributed by atoms with Crippen LogP contribution in [-0.2, 0) is 0 Å². The molecule has 0 amide bonds. The highest BCUT2D eigenvalue weighted by molar-refractivity contribution is 5.25. The molecule has 1 atom stereocenters. The van der Waals surface area contributed by atoms with Crippen molar-refractivity contribution in [2.75, 3.05) is 31.1 Å². The highest BCUT2D eigenvalue weighted by Crippen LogP contribution is 2.28. The number of anilines is 1. The van der Waals surface area contributed by atoms with Gasteiger partial charge in [-0.25, -0.2) is 0 Å². The summed E-state index contributed by atoms with van der Waals surface area (Å²) in [6.07, 6.45) is 4.16.